The van der Waals surface area contributed by atoms with Crippen molar-refractivity contribution in [2.45, 2.75) is 18.5 Å². The zero-order valence-corrected chi connectivity index (χ0v) is 17.9. The summed E-state index contributed by atoms with van der Waals surface area (Å²) in [5, 5.41) is 8.06. The summed E-state index contributed by atoms with van der Waals surface area (Å²) in [6, 6.07) is 17.6. The van der Waals surface area contributed by atoms with Gasteiger partial charge >= 0.3 is 0 Å². The summed E-state index contributed by atoms with van der Waals surface area (Å²) in [5.41, 5.74) is 3.76. The van der Waals surface area contributed by atoms with Gasteiger partial charge in [0.2, 0.25) is 12.2 Å². The first-order valence-corrected chi connectivity index (χ1v) is 11.1. The number of nitrogens with zero attached hydrogens (tertiary/aromatic N) is 5. The Morgan fingerprint density at radius 1 is 1.12 bits per heavy atom. The zero-order valence-electron chi connectivity index (χ0n) is 17.9. The number of fused-ring (bicyclic) bond motifs is 2. The van der Waals surface area contributed by atoms with Gasteiger partial charge in [0.05, 0.1) is 28.8 Å². The summed E-state index contributed by atoms with van der Waals surface area (Å²) in [4.78, 5) is 24.9. The Balaban J connectivity index is 1.20. The molecule has 1 amide bonds. The van der Waals surface area contributed by atoms with Gasteiger partial charge in [0.15, 0.2) is 7.05 Å². The number of carbonyl (C=O) groups excluding carboxylic acids is 1. The van der Waals surface area contributed by atoms with Crippen molar-refractivity contribution in [2.24, 2.45) is 17.0 Å². The van der Waals surface area contributed by atoms with E-state index in [4.69, 9.17) is 0 Å². The number of para-hydroxylation sites is 2. The number of anilines is 1. The minimum atomic E-state index is -0.483. The van der Waals surface area contributed by atoms with Crippen molar-refractivity contribution in [3.8, 4) is 0 Å². The molecule has 2 fully saturated rings. The first kappa shape index (κ1) is 19.1. The van der Waals surface area contributed by atoms with Crippen molar-refractivity contribution in [3.05, 3.63) is 72.6 Å². The van der Waals surface area contributed by atoms with Crippen LogP contribution in [0.4, 0.5) is 5.82 Å². The predicted octanol–water partition coefficient (Wildman–Crippen LogP) is 3.41. The fraction of sp³-hybridized carbons (Fsp3) is 0.320. The van der Waals surface area contributed by atoms with E-state index in [9.17, 15) is 4.79 Å². The number of nitrogens with one attached hydrogen (secondary N) is 1. The van der Waals surface area contributed by atoms with Gasteiger partial charge in [-0.1, -0.05) is 47.2 Å². The number of likely N-dealkylation sites (tertiary alicyclic amines) is 1. The van der Waals surface area contributed by atoms with Crippen LogP contribution in [0.15, 0.2) is 72.1 Å². The summed E-state index contributed by atoms with van der Waals surface area (Å²) in [6.07, 6.45) is 4.93. The van der Waals surface area contributed by atoms with E-state index < -0.39 is 6.04 Å². The lowest BCUT2D eigenvalue weighted by Gasteiger charge is -2.29. The Morgan fingerprint density at radius 3 is 2.75 bits per heavy atom. The molecule has 1 N–H and O–H groups in total. The molecule has 6 rings (SSSR count). The number of aromatic nitrogens is 2. The fourth-order valence-electron chi connectivity index (χ4n) is 5.09. The molecule has 3 aromatic rings. The number of benzene rings is 2. The normalized spacial score (nSPS) is 26.0. The van der Waals surface area contributed by atoms with E-state index in [-0.39, 0.29) is 11.9 Å². The molecule has 7 heteroatoms. The van der Waals surface area contributed by atoms with Crippen LogP contribution in [-0.4, -0.2) is 57.7 Å². The molecule has 3 aliphatic rings. The van der Waals surface area contributed by atoms with Crippen LogP contribution in [0.2, 0.25) is 0 Å². The van der Waals surface area contributed by atoms with Gasteiger partial charge in [-0.15, -0.1) is 0 Å². The number of hydrogen-bond acceptors (Lipinski definition) is 5. The van der Waals surface area contributed by atoms with Gasteiger partial charge in [0, 0.05) is 13.1 Å². The lowest BCUT2D eigenvalue weighted by Crippen LogP contribution is -2.46. The number of piperidine rings is 1. The Bertz CT molecular complexity index is 1250. The van der Waals surface area contributed by atoms with E-state index in [0.29, 0.717) is 18.4 Å². The maximum atomic E-state index is 13.6. The molecular formula is C25H25N6O+. The Morgan fingerprint density at radius 2 is 1.91 bits per heavy atom. The molecule has 1 aliphatic carbocycles. The van der Waals surface area contributed by atoms with Crippen molar-refractivity contribution in [2.75, 3.05) is 25.5 Å². The fourth-order valence-corrected chi connectivity index (χ4v) is 5.09. The molecule has 3 heterocycles. The van der Waals surface area contributed by atoms with Crippen LogP contribution < -0.4 is 5.32 Å². The van der Waals surface area contributed by atoms with Gasteiger partial charge in [-0.2, -0.15) is 0 Å². The van der Waals surface area contributed by atoms with Gasteiger partial charge in [-0.05, 0) is 41.1 Å². The average molecular weight is 426 g/mol. The van der Waals surface area contributed by atoms with Crippen molar-refractivity contribution in [1.29, 1.82) is 0 Å². The monoisotopic (exact) mass is 425 g/mol. The summed E-state index contributed by atoms with van der Waals surface area (Å²) < 4.78 is 1.76. The van der Waals surface area contributed by atoms with Crippen molar-refractivity contribution >= 4 is 28.3 Å². The highest BCUT2D eigenvalue weighted by Gasteiger charge is 2.55. The van der Waals surface area contributed by atoms with Crippen LogP contribution in [0.25, 0.3) is 16.6 Å². The number of rotatable bonds is 5. The first-order valence-electron chi connectivity index (χ1n) is 11.1. The Kier molecular flexibility index (Phi) is 4.48. The van der Waals surface area contributed by atoms with Gasteiger partial charge < -0.3 is 10.2 Å². The highest BCUT2D eigenvalue weighted by Crippen LogP contribution is 2.50. The SMILES string of the molecule is C[N+]1=NC(C(=O)N2C[C@H]3C[C@H]3[C@H]2CNc2cnc3ccccc3n2)C(c2ccccc2)=C1. The molecular weight excluding hydrogens is 400 g/mol. The van der Waals surface area contributed by atoms with Crippen molar-refractivity contribution in [3.63, 3.8) is 0 Å². The van der Waals surface area contributed by atoms with Gasteiger partial charge in [-0.25, -0.2) is 4.98 Å². The molecule has 0 radical (unpaired) electrons. The highest BCUT2D eigenvalue weighted by molar-refractivity contribution is 5.96. The minimum absolute atomic E-state index is 0.0908. The molecule has 2 aliphatic heterocycles. The van der Waals surface area contributed by atoms with E-state index in [1.807, 2.05) is 72.7 Å². The average Bonchev–Trinajstić information content (AvgIpc) is 3.34. The maximum Gasteiger partial charge on any atom is 0.258 e. The highest BCUT2D eigenvalue weighted by atomic mass is 16.2. The topological polar surface area (TPSA) is 73.5 Å². The van der Waals surface area contributed by atoms with Crippen LogP contribution in [0.5, 0.6) is 0 Å². The van der Waals surface area contributed by atoms with E-state index in [0.717, 1.165) is 34.5 Å². The third-order valence-electron chi connectivity index (χ3n) is 6.79. The first-order chi connectivity index (χ1) is 15.7. The van der Waals surface area contributed by atoms with E-state index in [1.165, 1.54) is 6.42 Å². The minimum Gasteiger partial charge on any atom is -0.367 e. The number of hydrogen-bond donors (Lipinski definition) is 1. The van der Waals surface area contributed by atoms with Crippen LogP contribution >= 0.6 is 0 Å². The van der Waals surface area contributed by atoms with E-state index in [1.54, 1.807) is 10.9 Å². The smallest absolute Gasteiger partial charge is 0.258 e. The summed E-state index contributed by atoms with van der Waals surface area (Å²) in [7, 11) is 1.88. The summed E-state index contributed by atoms with van der Waals surface area (Å²) >= 11 is 0. The van der Waals surface area contributed by atoms with Crippen molar-refractivity contribution in [1.82, 2.24) is 14.9 Å². The second kappa shape index (κ2) is 7.51. The quantitative estimate of drug-likeness (QED) is 0.636. The van der Waals surface area contributed by atoms with Gasteiger partial charge in [-0.3, -0.25) is 9.78 Å². The molecule has 1 saturated heterocycles. The molecule has 1 aromatic heterocycles. The maximum absolute atomic E-state index is 13.6. The predicted molar refractivity (Wildman–Crippen MR) is 122 cm³/mol. The molecule has 32 heavy (non-hydrogen) atoms. The second-order valence-electron chi connectivity index (χ2n) is 8.88. The van der Waals surface area contributed by atoms with E-state index in [2.05, 4.69) is 20.4 Å². The number of azo groups is 2. The molecule has 1 unspecified atom stereocenters. The number of carbonyl (C=O) groups is 1. The Hall–Kier alpha value is -3.61. The largest absolute Gasteiger partial charge is 0.367 e. The van der Waals surface area contributed by atoms with Crippen molar-refractivity contribution < 1.29 is 9.49 Å². The molecule has 2 aromatic carbocycles. The Labute approximate surface area is 186 Å². The molecule has 0 spiro atoms. The molecule has 7 nitrogen and oxygen atoms in total. The molecule has 160 valence electrons. The van der Waals surface area contributed by atoms with Gasteiger partial charge in [0.25, 0.3) is 5.91 Å². The van der Waals surface area contributed by atoms with Gasteiger partial charge in [0.1, 0.15) is 5.82 Å². The summed E-state index contributed by atoms with van der Waals surface area (Å²) in [5.74, 6) is 2.00. The van der Waals surface area contributed by atoms with Crippen LogP contribution in [-0.2, 0) is 4.79 Å². The molecule has 1 saturated carbocycles. The lowest BCUT2D eigenvalue weighted by atomic mass is 9.99. The zero-order chi connectivity index (χ0) is 21.7. The van der Waals surface area contributed by atoms with Crippen LogP contribution in [0, 0.1) is 11.8 Å². The second-order valence-corrected chi connectivity index (χ2v) is 8.88. The van der Waals surface area contributed by atoms with Crippen LogP contribution in [0.1, 0.15) is 12.0 Å². The molecule has 4 atom stereocenters. The lowest BCUT2D eigenvalue weighted by molar-refractivity contribution is -0.492. The number of amides is 1. The van der Waals surface area contributed by atoms with Crippen LogP contribution in [0.3, 0.4) is 0 Å². The molecule has 0 bridgehead atoms. The third-order valence-corrected chi connectivity index (χ3v) is 6.79. The summed E-state index contributed by atoms with van der Waals surface area (Å²) in [6.45, 7) is 1.49. The van der Waals surface area contributed by atoms with E-state index >= 15 is 0 Å². The standard InChI is InChI=1S/C25H25N6O/c1-30-15-19(16-7-3-2-4-8-16)24(29-30)25(32)31-14-17-11-18(17)22(31)12-27-23-13-26-20-9-5-6-10-21(20)28-23/h2-10,13,15,17-18,22,24H,11-12,14H2,1H3,(H,27,28)/q+1/t17-,18-,22-,24?/m1/s1. The third kappa shape index (κ3) is 3.34.